The Hall–Kier alpha value is -4.80. The van der Waals surface area contributed by atoms with Gasteiger partial charge < -0.3 is 14.8 Å². The van der Waals surface area contributed by atoms with Gasteiger partial charge in [0.05, 0.1) is 37.9 Å². The molecular weight excluding hydrogens is 572 g/mol. The van der Waals surface area contributed by atoms with Crippen molar-refractivity contribution in [2.24, 2.45) is 0 Å². The second kappa shape index (κ2) is 14.3. The molecule has 2 aliphatic rings. The third kappa shape index (κ3) is 7.13. The zero-order chi connectivity index (χ0) is 35.5. The lowest BCUT2D eigenvalue weighted by molar-refractivity contribution is -0.384. The highest BCUT2D eigenvalue weighted by Gasteiger charge is 2.38. The summed E-state index contributed by atoms with van der Waals surface area (Å²) in [6.45, 7) is -1.67. The van der Waals surface area contributed by atoms with Gasteiger partial charge in [0.15, 0.2) is 0 Å². The molecule has 0 saturated carbocycles. The van der Waals surface area contributed by atoms with Crippen molar-refractivity contribution >= 4 is 17.6 Å². The van der Waals surface area contributed by atoms with Crippen molar-refractivity contribution in [1.29, 1.82) is 0 Å². The van der Waals surface area contributed by atoms with Gasteiger partial charge >= 0.3 is 11.9 Å². The molecule has 2 aliphatic heterocycles. The molecule has 0 aliphatic carbocycles. The summed E-state index contributed by atoms with van der Waals surface area (Å²) < 4.78 is 45.5. The SMILES string of the molecule is [2H]C([2H])(OC(=O)C1=C(C)NC(C)=C(C(=O)OC)[C@@H]1c1cccc([N+](=O)[O-])c1)C([2H])([2H])N1CCN(C(c2ccccc2)c2ccccc2)CC1. The molecule has 1 saturated heterocycles. The molecule has 2 heterocycles. The van der Waals surface area contributed by atoms with E-state index < -0.39 is 35.8 Å². The van der Waals surface area contributed by atoms with E-state index in [4.69, 9.17) is 15.0 Å². The van der Waals surface area contributed by atoms with Crippen LogP contribution in [0.25, 0.3) is 0 Å². The smallest absolute Gasteiger partial charge is 0.336 e. The van der Waals surface area contributed by atoms with E-state index >= 15 is 0 Å². The molecular formula is C35H38N4O6. The molecule has 1 atom stereocenters. The first kappa shape index (κ1) is 26.6. The van der Waals surface area contributed by atoms with E-state index in [-0.39, 0.29) is 47.2 Å². The highest BCUT2D eigenvalue weighted by Crippen LogP contribution is 2.40. The van der Waals surface area contributed by atoms with Crippen LogP contribution in [0, 0.1) is 10.1 Å². The molecule has 3 aromatic rings. The molecule has 0 unspecified atom stereocenters. The Kier molecular flexibility index (Phi) is 8.46. The topological polar surface area (TPSA) is 114 Å². The number of hydrogen-bond donors (Lipinski definition) is 1. The maximum Gasteiger partial charge on any atom is 0.336 e. The fourth-order valence-corrected chi connectivity index (χ4v) is 5.96. The number of piperazine rings is 1. The summed E-state index contributed by atoms with van der Waals surface area (Å²) in [5.41, 5.74) is 2.39. The number of ether oxygens (including phenoxy) is 2. The average Bonchev–Trinajstić information content (AvgIpc) is 3.08. The minimum Gasteiger partial charge on any atom is -0.466 e. The van der Waals surface area contributed by atoms with Gasteiger partial charge in [0, 0.05) is 58.9 Å². The van der Waals surface area contributed by atoms with Crippen LogP contribution in [-0.4, -0.2) is 73.0 Å². The monoisotopic (exact) mass is 614 g/mol. The average molecular weight is 615 g/mol. The third-order valence-corrected chi connectivity index (χ3v) is 8.06. The van der Waals surface area contributed by atoms with Crippen LogP contribution in [0.2, 0.25) is 0 Å². The van der Waals surface area contributed by atoms with Gasteiger partial charge in [-0.15, -0.1) is 0 Å². The van der Waals surface area contributed by atoms with Crippen LogP contribution < -0.4 is 5.32 Å². The predicted octanol–water partition coefficient (Wildman–Crippen LogP) is 4.95. The first-order valence-corrected chi connectivity index (χ1v) is 14.6. The molecule has 0 aromatic heterocycles. The summed E-state index contributed by atoms with van der Waals surface area (Å²) >= 11 is 0. The second-order valence-corrected chi connectivity index (χ2v) is 10.8. The zero-order valence-electron chi connectivity index (χ0n) is 29.4. The lowest BCUT2D eigenvalue weighted by Crippen LogP contribution is -2.48. The van der Waals surface area contributed by atoms with E-state index in [0.717, 1.165) is 18.2 Å². The molecule has 10 heteroatoms. The van der Waals surface area contributed by atoms with Gasteiger partial charge in [-0.05, 0) is 30.5 Å². The summed E-state index contributed by atoms with van der Waals surface area (Å²) in [6, 6.07) is 25.3. The largest absolute Gasteiger partial charge is 0.466 e. The first-order chi connectivity index (χ1) is 23.3. The fourth-order valence-electron chi connectivity index (χ4n) is 5.96. The number of esters is 2. The highest BCUT2D eigenvalue weighted by atomic mass is 16.6. The maximum absolute atomic E-state index is 13.9. The van der Waals surface area contributed by atoms with Crippen molar-refractivity contribution in [2.75, 3.05) is 46.3 Å². The van der Waals surface area contributed by atoms with Gasteiger partial charge in [-0.2, -0.15) is 0 Å². The van der Waals surface area contributed by atoms with Crippen molar-refractivity contribution in [3.63, 3.8) is 0 Å². The number of nitro groups is 1. The quantitative estimate of drug-likeness (QED) is 0.192. The number of hydrogen-bond acceptors (Lipinski definition) is 9. The molecule has 0 spiro atoms. The highest BCUT2D eigenvalue weighted by molar-refractivity contribution is 5.99. The summed E-state index contributed by atoms with van der Waals surface area (Å²) in [5, 5.41) is 14.5. The Bertz CT molecular complexity index is 1740. The summed E-state index contributed by atoms with van der Waals surface area (Å²) in [6.07, 6.45) is 0. The Morgan fingerprint density at radius 3 is 2.04 bits per heavy atom. The Morgan fingerprint density at radius 1 is 0.911 bits per heavy atom. The van der Waals surface area contributed by atoms with Gasteiger partial charge in [0.25, 0.3) is 5.69 Å². The van der Waals surface area contributed by atoms with Crippen LogP contribution >= 0.6 is 0 Å². The van der Waals surface area contributed by atoms with E-state index in [9.17, 15) is 19.7 Å². The summed E-state index contributed by atoms with van der Waals surface area (Å²) in [4.78, 5) is 41.4. The molecule has 0 bridgehead atoms. The summed E-state index contributed by atoms with van der Waals surface area (Å²) in [7, 11) is 1.16. The number of non-ortho nitro benzene ring substituents is 1. The van der Waals surface area contributed by atoms with Gasteiger partial charge in [0.1, 0.15) is 6.56 Å². The van der Waals surface area contributed by atoms with Gasteiger partial charge in [-0.1, -0.05) is 72.8 Å². The zero-order valence-corrected chi connectivity index (χ0v) is 25.4. The molecule has 0 radical (unpaired) electrons. The van der Waals surface area contributed by atoms with Crippen LogP contribution in [0.15, 0.2) is 107 Å². The van der Waals surface area contributed by atoms with Gasteiger partial charge in [0.2, 0.25) is 0 Å². The van der Waals surface area contributed by atoms with Crippen LogP contribution in [0.1, 0.15) is 48.0 Å². The standard InChI is InChI=1S/C35H38N4O6/c1-24-30(34(40)44-3)32(28-15-10-16-29(23-28)39(42)43)31(25(2)36-24)35(41)45-22-21-37-17-19-38(20-18-37)33(26-11-6-4-7-12-26)27-13-8-5-9-14-27/h4-16,23,32-33,36H,17-22H2,1-3H3/t32-/m0/s1/i21D2,22D2. The van der Waals surface area contributed by atoms with Crippen LogP contribution in [0.3, 0.4) is 0 Å². The van der Waals surface area contributed by atoms with Crippen molar-refractivity contribution < 1.29 is 29.5 Å². The number of benzene rings is 3. The molecule has 3 aromatic carbocycles. The van der Waals surface area contributed by atoms with Crippen LogP contribution in [0.4, 0.5) is 5.69 Å². The minimum absolute atomic E-state index is 0.0216. The Balaban J connectivity index is 1.39. The number of methoxy groups -OCH3 is 1. The van der Waals surface area contributed by atoms with E-state index in [1.165, 1.54) is 36.1 Å². The van der Waals surface area contributed by atoms with Crippen molar-refractivity contribution in [3.8, 4) is 0 Å². The van der Waals surface area contributed by atoms with Crippen molar-refractivity contribution in [2.45, 2.75) is 25.8 Å². The number of nitrogens with one attached hydrogen (secondary N) is 1. The number of nitrogens with zero attached hydrogens (tertiary/aromatic N) is 3. The molecule has 45 heavy (non-hydrogen) atoms. The lowest BCUT2D eigenvalue weighted by Gasteiger charge is -2.39. The Morgan fingerprint density at radius 2 is 1.49 bits per heavy atom. The Labute approximate surface area is 268 Å². The van der Waals surface area contributed by atoms with Gasteiger partial charge in [-0.25, -0.2) is 9.59 Å². The number of dihydropyridines is 1. The molecule has 1 fully saturated rings. The molecule has 0 amide bonds. The van der Waals surface area contributed by atoms with E-state index in [1.807, 2.05) is 60.7 Å². The van der Waals surface area contributed by atoms with E-state index in [0.29, 0.717) is 18.8 Å². The lowest BCUT2D eigenvalue weighted by atomic mass is 9.80. The van der Waals surface area contributed by atoms with Gasteiger partial charge in [-0.3, -0.25) is 19.9 Å². The third-order valence-electron chi connectivity index (χ3n) is 8.06. The molecule has 10 nitrogen and oxygen atoms in total. The van der Waals surface area contributed by atoms with E-state index in [1.54, 1.807) is 6.92 Å². The minimum atomic E-state index is -3.15. The second-order valence-electron chi connectivity index (χ2n) is 10.8. The number of allylic oxidation sites excluding steroid dienone is 2. The predicted molar refractivity (Wildman–Crippen MR) is 170 cm³/mol. The maximum atomic E-state index is 13.9. The molecule has 1 N–H and O–H groups in total. The van der Waals surface area contributed by atoms with E-state index in [2.05, 4.69) is 10.2 Å². The number of carbonyl (C=O) groups excluding carboxylic acids is 2. The van der Waals surface area contributed by atoms with Crippen LogP contribution in [-0.2, 0) is 19.1 Å². The molecule has 5 rings (SSSR count). The fraction of sp³-hybridized carbons (Fsp3) is 0.314. The van der Waals surface area contributed by atoms with Crippen LogP contribution in [0.5, 0.6) is 0 Å². The van der Waals surface area contributed by atoms with Crippen molar-refractivity contribution in [3.05, 3.63) is 134 Å². The molecule has 234 valence electrons. The van der Waals surface area contributed by atoms with Crippen molar-refractivity contribution in [1.82, 2.24) is 15.1 Å². The summed E-state index contributed by atoms with van der Waals surface area (Å²) in [5.74, 6) is -3.25. The number of rotatable bonds is 10. The first-order valence-electron chi connectivity index (χ1n) is 16.6. The number of carbonyl (C=O) groups is 2. The normalized spacial score (nSPS) is 19.6. The number of nitro benzene ring substituents is 1.